The van der Waals surface area contributed by atoms with Crippen molar-refractivity contribution in [3.8, 4) is 0 Å². The third kappa shape index (κ3) is 4.15. The summed E-state index contributed by atoms with van der Waals surface area (Å²) in [5, 5.41) is 3.71. The smallest absolute Gasteiger partial charge is 0.245 e. The quantitative estimate of drug-likeness (QED) is 0.810. The number of hydrogen-bond donors (Lipinski definition) is 1. The van der Waals surface area contributed by atoms with Gasteiger partial charge in [-0.25, -0.2) is 8.42 Å². The Hall–Kier alpha value is -2.03. The average molecular weight is 418 g/mol. The average Bonchev–Trinajstić information content (AvgIpc) is 2.78. The van der Waals surface area contributed by atoms with Crippen molar-refractivity contribution in [2.75, 3.05) is 26.3 Å². The monoisotopic (exact) mass is 417 g/mol. The predicted octanol–water partition coefficient (Wildman–Crippen LogP) is 2.32. The SMILES string of the molecule is O=C1NCCOCCCN(S(=O)(=O)c2cccc3cccnc23)[C@H]2CCCC[C@@H]12. The highest BCUT2D eigenvalue weighted by Crippen LogP contribution is 2.34. The molecule has 29 heavy (non-hydrogen) atoms. The van der Waals surface area contributed by atoms with Crippen LogP contribution < -0.4 is 5.32 Å². The van der Waals surface area contributed by atoms with E-state index in [2.05, 4.69) is 10.3 Å². The van der Waals surface area contributed by atoms with Crippen molar-refractivity contribution in [2.24, 2.45) is 5.92 Å². The van der Waals surface area contributed by atoms with Crippen molar-refractivity contribution in [3.63, 3.8) is 0 Å². The Balaban J connectivity index is 1.78. The minimum Gasteiger partial charge on any atom is -0.380 e. The molecule has 156 valence electrons. The van der Waals surface area contributed by atoms with Crippen LogP contribution in [0.1, 0.15) is 32.1 Å². The van der Waals surface area contributed by atoms with Crippen LogP contribution in [0.15, 0.2) is 41.4 Å². The molecule has 2 atom stereocenters. The Kier molecular flexibility index (Phi) is 6.12. The maximum Gasteiger partial charge on any atom is 0.245 e. The standard InChI is InChI=1S/C21H27N3O4S/c25-21-17-8-1-2-9-18(17)24(13-5-14-28-15-12-23-21)29(26,27)19-10-3-6-16-7-4-11-22-20(16)19/h3-4,6-7,10-11,17-18H,1-2,5,8-9,12-15H2,(H,23,25)/t17-,18+/m1/s1. The summed E-state index contributed by atoms with van der Waals surface area (Å²) in [6.07, 6.45) is 5.46. The number of nitrogens with zero attached hydrogens (tertiary/aromatic N) is 2. The molecular weight excluding hydrogens is 390 g/mol. The molecule has 1 N–H and O–H groups in total. The number of carbonyl (C=O) groups is 1. The molecule has 2 fully saturated rings. The van der Waals surface area contributed by atoms with E-state index in [4.69, 9.17) is 4.74 Å². The summed E-state index contributed by atoms with van der Waals surface area (Å²) in [6, 6.07) is 8.54. The number of benzene rings is 1. The molecule has 7 nitrogen and oxygen atoms in total. The van der Waals surface area contributed by atoms with E-state index in [1.807, 2.05) is 12.1 Å². The van der Waals surface area contributed by atoms with Gasteiger partial charge in [0, 0.05) is 37.3 Å². The minimum atomic E-state index is -3.83. The van der Waals surface area contributed by atoms with Crippen LogP contribution in [0.4, 0.5) is 0 Å². The van der Waals surface area contributed by atoms with Gasteiger partial charge < -0.3 is 10.1 Å². The number of sulfonamides is 1. The van der Waals surface area contributed by atoms with Gasteiger partial charge in [0.2, 0.25) is 15.9 Å². The van der Waals surface area contributed by atoms with E-state index in [0.29, 0.717) is 51.1 Å². The number of ether oxygens (including phenoxy) is 1. The Morgan fingerprint density at radius 1 is 1.07 bits per heavy atom. The topological polar surface area (TPSA) is 88.6 Å². The number of para-hydroxylation sites is 1. The molecule has 0 spiro atoms. The van der Waals surface area contributed by atoms with E-state index >= 15 is 0 Å². The maximum absolute atomic E-state index is 13.8. The molecule has 1 aliphatic carbocycles. The van der Waals surface area contributed by atoms with Crippen LogP contribution in [0, 0.1) is 5.92 Å². The molecule has 1 aromatic carbocycles. The number of hydrogen-bond acceptors (Lipinski definition) is 5. The normalized spacial score (nSPS) is 25.0. The first-order valence-corrected chi connectivity index (χ1v) is 11.7. The van der Waals surface area contributed by atoms with Crippen LogP contribution >= 0.6 is 0 Å². The Morgan fingerprint density at radius 2 is 1.90 bits per heavy atom. The number of fused-ring (bicyclic) bond motifs is 2. The lowest BCUT2D eigenvalue weighted by molar-refractivity contribution is -0.127. The number of pyridine rings is 1. The lowest BCUT2D eigenvalue weighted by Crippen LogP contribution is -2.51. The number of carbonyl (C=O) groups excluding carboxylic acids is 1. The molecule has 2 heterocycles. The first kappa shape index (κ1) is 20.3. The van der Waals surface area contributed by atoms with Crippen molar-refractivity contribution >= 4 is 26.8 Å². The first-order chi connectivity index (χ1) is 14.1. The fourth-order valence-corrected chi connectivity index (χ4v) is 6.34. The second-order valence-electron chi connectivity index (χ2n) is 7.66. The summed E-state index contributed by atoms with van der Waals surface area (Å²) in [5.74, 6) is -0.406. The molecule has 1 amide bonds. The summed E-state index contributed by atoms with van der Waals surface area (Å²) in [7, 11) is -3.83. The zero-order valence-corrected chi connectivity index (χ0v) is 17.2. The van der Waals surface area contributed by atoms with Gasteiger partial charge in [-0.3, -0.25) is 9.78 Å². The van der Waals surface area contributed by atoms with Crippen LogP contribution in [0.25, 0.3) is 10.9 Å². The lowest BCUT2D eigenvalue weighted by Gasteiger charge is -2.38. The van der Waals surface area contributed by atoms with Gasteiger partial charge in [0.1, 0.15) is 4.90 Å². The highest BCUT2D eigenvalue weighted by molar-refractivity contribution is 7.89. The lowest BCUT2D eigenvalue weighted by atomic mass is 9.83. The second-order valence-corrected chi connectivity index (χ2v) is 9.52. The molecule has 0 unspecified atom stereocenters. The van der Waals surface area contributed by atoms with E-state index in [1.165, 1.54) is 0 Å². The highest BCUT2D eigenvalue weighted by Gasteiger charge is 2.41. The van der Waals surface area contributed by atoms with E-state index < -0.39 is 10.0 Å². The third-order valence-corrected chi connectivity index (χ3v) is 7.79. The second kappa shape index (κ2) is 8.77. The molecule has 1 aliphatic heterocycles. The highest BCUT2D eigenvalue weighted by atomic mass is 32.2. The molecule has 0 bridgehead atoms. The van der Waals surface area contributed by atoms with Crippen molar-refractivity contribution in [3.05, 3.63) is 36.5 Å². The number of amides is 1. The fraction of sp³-hybridized carbons (Fsp3) is 0.524. The minimum absolute atomic E-state index is 0.0727. The largest absolute Gasteiger partial charge is 0.380 e. The van der Waals surface area contributed by atoms with Crippen molar-refractivity contribution in [1.82, 2.24) is 14.6 Å². The van der Waals surface area contributed by atoms with Gasteiger partial charge >= 0.3 is 0 Å². The van der Waals surface area contributed by atoms with Gasteiger partial charge in [-0.15, -0.1) is 0 Å². The molecule has 1 aromatic heterocycles. The summed E-state index contributed by atoms with van der Waals surface area (Å²) in [4.78, 5) is 17.3. The van der Waals surface area contributed by atoms with E-state index in [9.17, 15) is 13.2 Å². The Bertz CT molecular complexity index is 974. The Labute approximate surface area is 171 Å². The van der Waals surface area contributed by atoms with Gasteiger partial charge in [-0.05, 0) is 31.4 Å². The van der Waals surface area contributed by atoms with Gasteiger partial charge in [0.05, 0.1) is 18.0 Å². The van der Waals surface area contributed by atoms with Crippen molar-refractivity contribution in [1.29, 1.82) is 0 Å². The molecular formula is C21H27N3O4S. The molecule has 0 radical (unpaired) electrons. The maximum atomic E-state index is 13.8. The van der Waals surface area contributed by atoms with Gasteiger partial charge in [0.15, 0.2) is 0 Å². The van der Waals surface area contributed by atoms with Crippen LogP contribution in [0.5, 0.6) is 0 Å². The van der Waals surface area contributed by atoms with Gasteiger partial charge in [-0.1, -0.05) is 31.0 Å². The van der Waals surface area contributed by atoms with Gasteiger partial charge in [-0.2, -0.15) is 4.31 Å². The first-order valence-electron chi connectivity index (χ1n) is 10.3. The zero-order chi connectivity index (χ0) is 20.3. The molecule has 1 saturated carbocycles. The van der Waals surface area contributed by atoms with Crippen molar-refractivity contribution < 1.29 is 17.9 Å². The number of rotatable bonds is 2. The van der Waals surface area contributed by atoms with Crippen LogP contribution in [0.2, 0.25) is 0 Å². The molecule has 2 aromatic rings. The summed E-state index contributed by atoms with van der Waals surface area (Å²) < 4.78 is 34.8. The van der Waals surface area contributed by atoms with Crippen molar-refractivity contribution in [2.45, 2.75) is 43.0 Å². The summed E-state index contributed by atoms with van der Waals surface area (Å²) in [6.45, 7) is 1.71. The molecule has 4 rings (SSSR count). The van der Waals surface area contributed by atoms with E-state index in [0.717, 1.165) is 18.2 Å². The summed E-state index contributed by atoms with van der Waals surface area (Å²) in [5.41, 5.74) is 0.470. The van der Waals surface area contributed by atoms with Crippen LogP contribution in [-0.4, -0.2) is 56.0 Å². The predicted molar refractivity (Wildman–Crippen MR) is 110 cm³/mol. The van der Waals surface area contributed by atoms with E-state index in [1.54, 1.807) is 28.7 Å². The van der Waals surface area contributed by atoms with Crippen LogP contribution in [0.3, 0.4) is 0 Å². The molecule has 1 saturated heterocycles. The zero-order valence-electron chi connectivity index (χ0n) is 16.4. The Morgan fingerprint density at radius 3 is 2.79 bits per heavy atom. The fourth-order valence-electron chi connectivity index (χ4n) is 4.44. The number of nitrogens with one attached hydrogen (secondary N) is 1. The third-order valence-electron chi connectivity index (χ3n) is 5.83. The number of aromatic nitrogens is 1. The molecule has 2 aliphatic rings. The summed E-state index contributed by atoms with van der Waals surface area (Å²) >= 11 is 0. The molecule has 8 heteroatoms. The van der Waals surface area contributed by atoms with E-state index in [-0.39, 0.29) is 22.8 Å². The van der Waals surface area contributed by atoms with Gasteiger partial charge in [0.25, 0.3) is 0 Å². The van der Waals surface area contributed by atoms with Crippen LogP contribution in [-0.2, 0) is 19.6 Å².